The molecule has 1 unspecified atom stereocenters. The summed E-state index contributed by atoms with van der Waals surface area (Å²) >= 11 is 0. The van der Waals surface area contributed by atoms with Crippen LogP contribution in [-0.2, 0) is 25.7 Å². The number of aryl methyl sites for hydroxylation is 1. The van der Waals surface area contributed by atoms with Gasteiger partial charge in [-0.25, -0.2) is 0 Å². The summed E-state index contributed by atoms with van der Waals surface area (Å²) < 4.78 is 0. The highest BCUT2D eigenvalue weighted by molar-refractivity contribution is 5.55. The first kappa shape index (κ1) is 10.1. The van der Waals surface area contributed by atoms with Gasteiger partial charge in [-0.2, -0.15) is 0 Å². The van der Waals surface area contributed by atoms with E-state index in [2.05, 4.69) is 25.6 Å². The summed E-state index contributed by atoms with van der Waals surface area (Å²) in [5, 5.41) is 0. The van der Waals surface area contributed by atoms with E-state index in [4.69, 9.17) is 0 Å². The zero-order chi connectivity index (χ0) is 11.1. The lowest BCUT2D eigenvalue weighted by Gasteiger charge is -2.33. The van der Waals surface area contributed by atoms with Crippen LogP contribution in [0.1, 0.15) is 53.5 Å². The van der Waals surface area contributed by atoms with Crippen LogP contribution in [0.5, 0.6) is 0 Å². The molecule has 2 aliphatic rings. The Hall–Kier alpha value is -1.04. The van der Waals surface area contributed by atoms with E-state index in [0.717, 1.165) is 12.3 Å². The Kier molecular flexibility index (Phi) is 2.38. The van der Waals surface area contributed by atoms with Gasteiger partial charge in [0.15, 0.2) is 0 Å². The summed E-state index contributed by atoms with van der Waals surface area (Å²) in [6.45, 7) is 6.23. The summed E-state index contributed by atoms with van der Waals surface area (Å²) in [6.07, 6.45) is 9.77. The fraction of sp³-hybridized carbons (Fsp3) is 0.500. The Morgan fingerprint density at radius 2 is 2.25 bits per heavy atom. The minimum Gasteiger partial charge on any atom is -0.103 e. The van der Waals surface area contributed by atoms with E-state index < -0.39 is 0 Å². The standard InChI is InChI=1S/C16H20/c1-3-6-14-13-8-5-7-12(13)10-15-11(4-2)9-16(14)15/h3,10-11H,1,4-9H2,2H3. The molecule has 1 atom stereocenters. The van der Waals surface area contributed by atoms with Crippen molar-refractivity contribution in [2.45, 2.75) is 51.4 Å². The minimum atomic E-state index is 0.851. The number of benzene rings is 1. The Balaban J connectivity index is 2.12. The van der Waals surface area contributed by atoms with Crippen LogP contribution in [-0.4, -0.2) is 0 Å². The predicted molar refractivity (Wildman–Crippen MR) is 69.1 cm³/mol. The van der Waals surface area contributed by atoms with Crippen molar-refractivity contribution in [3.8, 4) is 0 Å². The third-order valence-electron chi connectivity index (χ3n) is 4.40. The van der Waals surface area contributed by atoms with E-state index in [0.29, 0.717) is 0 Å². The maximum atomic E-state index is 3.92. The third kappa shape index (κ3) is 1.29. The summed E-state index contributed by atoms with van der Waals surface area (Å²) in [7, 11) is 0. The largest absolute Gasteiger partial charge is 0.103 e. The van der Waals surface area contributed by atoms with Gasteiger partial charge in [-0.15, -0.1) is 6.58 Å². The maximum absolute atomic E-state index is 3.92. The number of hydrogen-bond donors (Lipinski definition) is 0. The molecule has 0 saturated heterocycles. The van der Waals surface area contributed by atoms with Crippen molar-refractivity contribution in [3.63, 3.8) is 0 Å². The molecule has 0 heterocycles. The highest BCUT2D eigenvalue weighted by Gasteiger charge is 2.30. The van der Waals surface area contributed by atoms with Crippen molar-refractivity contribution in [3.05, 3.63) is 46.5 Å². The molecule has 0 fully saturated rings. The average molecular weight is 212 g/mol. The minimum absolute atomic E-state index is 0.851. The molecule has 0 bridgehead atoms. The molecule has 16 heavy (non-hydrogen) atoms. The van der Waals surface area contributed by atoms with Gasteiger partial charge in [0.1, 0.15) is 0 Å². The van der Waals surface area contributed by atoms with Crippen LogP contribution >= 0.6 is 0 Å². The van der Waals surface area contributed by atoms with Crippen LogP contribution in [0.2, 0.25) is 0 Å². The lowest BCUT2D eigenvalue weighted by molar-refractivity contribution is 0.581. The van der Waals surface area contributed by atoms with E-state index in [1.165, 1.54) is 32.1 Å². The molecule has 1 aromatic rings. The van der Waals surface area contributed by atoms with Crippen molar-refractivity contribution < 1.29 is 0 Å². The first-order valence-corrected chi connectivity index (χ1v) is 6.62. The third-order valence-corrected chi connectivity index (χ3v) is 4.40. The molecule has 0 amide bonds. The summed E-state index contributed by atoms with van der Waals surface area (Å²) in [5.41, 5.74) is 8.30. The van der Waals surface area contributed by atoms with Crippen LogP contribution in [0, 0.1) is 0 Å². The normalized spacial score (nSPS) is 21.2. The molecule has 0 saturated carbocycles. The van der Waals surface area contributed by atoms with Gasteiger partial charge in [0.25, 0.3) is 0 Å². The van der Waals surface area contributed by atoms with Crippen LogP contribution in [0.4, 0.5) is 0 Å². The van der Waals surface area contributed by atoms with Crippen LogP contribution < -0.4 is 0 Å². The Labute approximate surface area is 98.4 Å². The molecule has 1 aromatic carbocycles. The molecular formula is C16H20. The molecule has 3 rings (SSSR count). The van der Waals surface area contributed by atoms with Crippen LogP contribution in [0.25, 0.3) is 0 Å². The first-order valence-electron chi connectivity index (χ1n) is 6.62. The van der Waals surface area contributed by atoms with Crippen molar-refractivity contribution >= 4 is 0 Å². The first-order chi connectivity index (χ1) is 7.85. The second-order valence-electron chi connectivity index (χ2n) is 5.22. The second-order valence-corrected chi connectivity index (χ2v) is 5.22. The molecule has 84 valence electrons. The molecular weight excluding hydrogens is 192 g/mol. The average Bonchev–Trinajstić information content (AvgIpc) is 2.71. The Morgan fingerprint density at radius 1 is 1.38 bits per heavy atom. The second kappa shape index (κ2) is 3.76. The maximum Gasteiger partial charge on any atom is -0.00945 e. The van der Waals surface area contributed by atoms with Gasteiger partial charge >= 0.3 is 0 Å². The van der Waals surface area contributed by atoms with Gasteiger partial charge in [-0.3, -0.25) is 0 Å². The van der Waals surface area contributed by atoms with Crippen LogP contribution in [0.15, 0.2) is 18.7 Å². The molecule has 0 nitrogen and oxygen atoms in total. The monoisotopic (exact) mass is 212 g/mol. The molecule has 0 radical (unpaired) electrons. The lowest BCUT2D eigenvalue weighted by atomic mass is 9.71. The van der Waals surface area contributed by atoms with Crippen molar-refractivity contribution in [1.82, 2.24) is 0 Å². The smallest absolute Gasteiger partial charge is 0.00945 e. The highest BCUT2D eigenvalue weighted by Crippen LogP contribution is 2.44. The van der Waals surface area contributed by atoms with Gasteiger partial charge in [0.05, 0.1) is 0 Å². The fourth-order valence-electron chi connectivity index (χ4n) is 3.49. The number of allylic oxidation sites excluding steroid dienone is 1. The van der Waals surface area contributed by atoms with Gasteiger partial charge < -0.3 is 0 Å². The zero-order valence-corrected chi connectivity index (χ0v) is 10.2. The lowest BCUT2D eigenvalue weighted by Crippen LogP contribution is -2.20. The molecule has 0 aromatic heterocycles. The van der Waals surface area contributed by atoms with E-state index in [9.17, 15) is 0 Å². The SMILES string of the molecule is C=CCc1c2c(cc3c1CC3CC)CCC2. The van der Waals surface area contributed by atoms with Gasteiger partial charge in [0.2, 0.25) is 0 Å². The molecule has 2 aliphatic carbocycles. The van der Waals surface area contributed by atoms with E-state index >= 15 is 0 Å². The quantitative estimate of drug-likeness (QED) is 0.665. The van der Waals surface area contributed by atoms with Crippen molar-refractivity contribution in [2.75, 3.05) is 0 Å². The van der Waals surface area contributed by atoms with E-state index in [1.54, 1.807) is 27.8 Å². The molecule has 0 N–H and O–H groups in total. The summed E-state index contributed by atoms with van der Waals surface area (Å²) in [6, 6.07) is 2.52. The van der Waals surface area contributed by atoms with Gasteiger partial charge in [-0.1, -0.05) is 19.1 Å². The molecule has 0 spiro atoms. The predicted octanol–water partition coefficient (Wildman–Crippen LogP) is 3.95. The zero-order valence-electron chi connectivity index (χ0n) is 10.2. The number of hydrogen-bond acceptors (Lipinski definition) is 0. The molecule has 0 heteroatoms. The Morgan fingerprint density at radius 3 is 3.00 bits per heavy atom. The van der Waals surface area contributed by atoms with Crippen molar-refractivity contribution in [2.24, 2.45) is 0 Å². The van der Waals surface area contributed by atoms with E-state index in [-0.39, 0.29) is 0 Å². The number of rotatable bonds is 3. The highest BCUT2D eigenvalue weighted by atomic mass is 14.3. The van der Waals surface area contributed by atoms with Crippen LogP contribution in [0.3, 0.4) is 0 Å². The van der Waals surface area contributed by atoms with Gasteiger partial charge in [-0.05, 0) is 72.3 Å². The van der Waals surface area contributed by atoms with E-state index in [1.807, 2.05) is 0 Å². The molecule has 0 aliphatic heterocycles. The topological polar surface area (TPSA) is 0 Å². The number of fused-ring (bicyclic) bond motifs is 2. The fourth-order valence-corrected chi connectivity index (χ4v) is 3.49. The Bertz CT molecular complexity index is 440. The van der Waals surface area contributed by atoms with Gasteiger partial charge in [0, 0.05) is 0 Å². The summed E-state index contributed by atoms with van der Waals surface area (Å²) in [4.78, 5) is 0. The van der Waals surface area contributed by atoms with Crippen molar-refractivity contribution in [1.29, 1.82) is 0 Å². The summed E-state index contributed by atoms with van der Waals surface area (Å²) in [5.74, 6) is 0.851.